The normalized spacial score (nSPS) is 24.5. The maximum Gasteiger partial charge on any atom is 0.240 e. The molecule has 0 radical (unpaired) electrons. The van der Waals surface area contributed by atoms with Crippen molar-refractivity contribution in [1.29, 1.82) is 0 Å². The first kappa shape index (κ1) is 20.6. The molecule has 156 valence electrons. The lowest BCUT2D eigenvalue weighted by Gasteiger charge is -2.28. The molecule has 1 heterocycles. The number of amides is 1. The van der Waals surface area contributed by atoms with Crippen molar-refractivity contribution < 1.29 is 13.2 Å². The highest BCUT2D eigenvalue weighted by atomic mass is 32.2. The third-order valence-corrected chi connectivity index (χ3v) is 8.75. The van der Waals surface area contributed by atoms with E-state index in [1.54, 1.807) is 35.6 Å². The minimum absolute atomic E-state index is 0.0493. The van der Waals surface area contributed by atoms with E-state index in [1.165, 1.54) is 19.3 Å². The van der Waals surface area contributed by atoms with E-state index in [0.717, 1.165) is 17.9 Å². The number of rotatable bonds is 8. The Morgan fingerprint density at radius 3 is 2.59 bits per heavy atom. The highest BCUT2D eigenvalue weighted by molar-refractivity contribution is 7.89. The van der Waals surface area contributed by atoms with Gasteiger partial charge >= 0.3 is 0 Å². The van der Waals surface area contributed by atoms with E-state index < -0.39 is 10.0 Å². The molecule has 2 fully saturated rings. The zero-order chi connectivity index (χ0) is 20.4. The van der Waals surface area contributed by atoms with Crippen molar-refractivity contribution in [3.05, 3.63) is 46.7 Å². The summed E-state index contributed by atoms with van der Waals surface area (Å²) in [4.78, 5) is 12.3. The molecular formula is C22H28N2O3S2. The van der Waals surface area contributed by atoms with Crippen LogP contribution in [0.2, 0.25) is 0 Å². The number of hydrogen-bond donors (Lipinski definition) is 2. The number of hydrogen-bond acceptors (Lipinski definition) is 4. The second-order valence-corrected chi connectivity index (χ2v) is 10.9. The first-order valence-electron chi connectivity index (χ1n) is 10.3. The van der Waals surface area contributed by atoms with Crippen molar-refractivity contribution in [3.63, 3.8) is 0 Å². The summed E-state index contributed by atoms with van der Waals surface area (Å²) in [6, 6.07) is 8.39. The van der Waals surface area contributed by atoms with Gasteiger partial charge < -0.3 is 5.32 Å². The fourth-order valence-corrected chi connectivity index (χ4v) is 6.94. The van der Waals surface area contributed by atoms with Gasteiger partial charge in [0.05, 0.1) is 4.90 Å². The quantitative estimate of drug-likeness (QED) is 0.648. The minimum atomic E-state index is -3.56. The average Bonchev–Trinajstić information content (AvgIpc) is 3.44. The average molecular weight is 433 g/mol. The Kier molecular flexibility index (Phi) is 6.08. The standard InChI is InChI=1S/C22H28N2O3S2/c1-15(21-13-17-2-4-18(21)12-17)24-29(26,27)20-7-5-19(6-8-20)23-22(25)9-3-16-10-11-28-14-16/h5-8,10-11,14-15,17-18,21,24H,2-4,9,12-13H2,1H3,(H,23,25). The van der Waals surface area contributed by atoms with Gasteiger partial charge in [0.1, 0.15) is 0 Å². The molecule has 2 aromatic rings. The largest absolute Gasteiger partial charge is 0.326 e. The Balaban J connectivity index is 1.32. The number of carbonyl (C=O) groups excluding carboxylic acids is 1. The highest BCUT2D eigenvalue weighted by Gasteiger charge is 2.42. The van der Waals surface area contributed by atoms with E-state index in [4.69, 9.17) is 0 Å². The van der Waals surface area contributed by atoms with Gasteiger partial charge in [0, 0.05) is 18.2 Å². The molecule has 0 aliphatic heterocycles. The molecule has 2 aliphatic carbocycles. The topological polar surface area (TPSA) is 75.3 Å². The van der Waals surface area contributed by atoms with Crippen LogP contribution in [0.25, 0.3) is 0 Å². The molecule has 5 nitrogen and oxygen atoms in total. The molecule has 0 spiro atoms. The monoisotopic (exact) mass is 432 g/mol. The molecule has 2 N–H and O–H groups in total. The van der Waals surface area contributed by atoms with Gasteiger partial charge in [0.15, 0.2) is 0 Å². The Hall–Kier alpha value is -1.70. The Labute approximate surface area is 177 Å². The Morgan fingerprint density at radius 2 is 1.97 bits per heavy atom. The number of nitrogens with one attached hydrogen (secondary N) is 2. The van der Waals surface area contributed by atoms with Gasteiger partial charge in [-0.15, -0.1) is 0 Å². The lowest BCUT2D eigenvalue weighted by Crippen LogP contribution is -2.40. The van der Waals surface area contributed by atoms with Gasteiger partial charge in [-0.3, -0.25) is 4.79 Å². The molecule has 0 saturated heterocycles. The Bertz CT molecular complexity index is 939. The zero-order valence-corrected chi connectivity index (χ0v) is 18.3. The van der Waals surface area contributed by atoms with Crippen LogP contribution in [0.5, 0.6) is 0 Å². The SMILES string of the molecule is CC(NS(=O)(=O)c1ccc(NC(=O)CCc2ccsc2)cc1)C1CC2CCC1C2. The maximum absolute atomic E-state index is 12.8. The Morgan fingerprint density at radius 1 is 1.17 bits per heavy atom. The maximum atomic E-state index is 12.8. The fraction of sp³-hybridized carbons (Fsp3) is 0.500. The number of carbonyl (C=O) groups is 1. The predicted molar refractivity (Wildman–Crippen MR) is 116 cm³/mol. The van der Waals surface area contributed by atoms with Crippen molar-refractivity contribution in [2.24, 2.45) is 17.8 Å². The summed E-state index contributed by atoms with van der Waals surface area (Å²) in [6.45, 7) is 1.99. The third kappa shape index (κ3) is 4.90. The van der Waals surface area contributed by atoms with Crippen molar-refractivity contribution in [2.45, 2.75) is 56.4 Å². The van der Waals surface area contributed by atoms with E-state index in [1.807, 2.05) is 23.8 Å². The molecule has 2 bridgehead atoms. The molecule has 29 heavy (non-hydrogen) atoms. The fourth-order valence-electron chi connectivity index (χ4n) is 4.94. The molecule has 1 amide bonds. The van der Waals surface area contributed by atoms with Gasteiger partial charge in [-0.2, -0.15) is 11.3 Å². The highest BCUT2D eigenvalue weighted by Crippen LogP contribution is 2.49. The number of sulfonamides is 1. The van der Waals surface area contributed by atoms with Crippen LogP contribution in [-0.2, 0) is 21.2 Å². The summed E-state index contributed by atoms with van der Waals surface area (Å²) in [5.41, 5.74) is 1.77. The molecule has 2 saturated carbocycles. The molecular weight excluding hydrogens is 404 g/mol. The first-order chi connectivity index (χ1) is 13.9. The lowest BCUT2D eigenvalue weighted by atomic mass is 9.84. The summed E-state index contributed by atoms with van der Waals surface area (Å²) in [7, 11) is -3.56. The van der Waals surface area contributed by atoms with Crippen LogP contribution >= 0.6 is 11.3 Å². The van der Waals surface area contributed by atoms with Crippen LogP contribution in [-0.4, -0.2) is 20.4 Å². The van der Waals surface area contributed by atoms with Crippen LogP contribution < -0.4 is 10.0 Å². The van der Waals surface area contributed by atoms with Crippen LogP contribution in [0.1, 0.15) is 44.6 Å². The van der Waals surface area contributed by atoms with Crippen molar-refractivity contribution in [2.75, 3.05) is 5.32 Å². The van der Waals surface area contributed by atoms with Gasteiger partial charge in [-0.1, -0.05) is 6.42 Å². The third-order valence-electron chi connectivity index (χ3n) is 6.45. The molecule has 4 unspecified atom stereocenters. The minimum Gasteiger partial charge on any atom is -0.326 e. The van der Waals surface area contributed by atoms with E-state index in [9.17, 15) is 13.2 Å². The second kappa shape index (κ2) is 8.58. The number of benzene rings is 1. The van der Waals surface area contributed by atoms with E-state index in [0.29, 0.717) is 30.4 Å². The molecule has 7 heteroatoms. The molecule has 1 aromatic carbocycles. The van der Waals surface area contributed by atoms with Gasteiger partial charge in [0.2, 0.25) is 15.9 Å². The zero-order valence-electron chi connectivity index (χ0n) is 16.6. The number of thiophene rings is 1. The molecule has 4 atom stereocenters. The van der Waals surface area contributed by atoms with Gasteiger partial charge in [-0.05, 0) is 97.0 Å². The van der Waals surface area contributed by atoms with Crippen molar-refractivity contribution >= 4 is 33.0 Å². The number of aryl methyl sites for hydroxylation is 1. The predicted octanol–water partition coefficient (Wildman–Crippen LogP) is 4.42. The number of fused-ring (bicyclic) bond motifs is 2. The summed E-state index contributed by atoms with van der Waals surface area (Å²) >= 11 is 1.62. The van der Waals surface area contributed by atoms with E-state index in [-0.39, 0.29) is 16.8 Å². The van der Waals surface area contributed by atoms with Gasteiger partial charge in [-0.25, -0.2) is 13.1 Å². The van der Waals surface area contributed by atoms with Crippen LogP contribution in [0.4, 0.5) is 5.69 Å². The summed E-state index contributed by atoms with van der Waals surface area (Å²) in [5.74, 6) is 1.84. The van der Waals surface area contributed by atoms with Crippen LogP contribution in [0.3, 0.4) is 0 Å². The summed E-state index contributed by atoms with van der Waals surface area (Å²) in [6.07, 6.45) is 6.05. The second-order valence-electron chi connectivity index (χ2n) is 8.45. The summed E-state index contributed by atoms with van der Waals surface area (Å²) in [5, 5.41) is 6.87. The lowest BCUT2D eigenvalue weighted by molar-refractivity contribution is -0.116. The smallest absolute Gasteiger partial charge is 0.240 e. The van der Waals surface area contributed by atoms with Crippen LogP contribution in [0.15, 0.2) is 46.0 Å². The van der Waals surface area contributed by atoms with E-state index in [2.05, 4.69) is 10.0 Å². The van der Waals surface area contributed by atoms with Gasteiger partial charge in [0.25, 0.3) is 0 Å². The van der Waals surface area contributed by atoms with E-state index >= 15 is 0 Å². The first-order valence-corrected chi connectivity index (χ1v) is 12.8. The number of anilines is 1. The van der Waals surface area contributed by atoms with Crippen molar-refractivity contribution in [1.82, 2.24) is 4.72 Å². The summed E-state index contributed by atoms with van der Waals surface area (Å²) < 4.78 is 28.4. The van der Waals surface area contributed by atoms with Crippen molar-refractivity contribution in [3.8, 4) is 0 Å². The molecule has 1 aromatic heterocycles. The van der Waals surface area contributed by atoms with Crippen LogP contribution in [0, 0.1) is 17.8 Å². The molecule has 4 rings (SSSR count). The molecule has 2 aliphatic rings.